The van der Waals surface area contributed by atoms with E-state index < -0.39 is 0 Å². The smallest absolute Gasteiger partial charge is 0.161 e. The number of likely N-dealkylation sites (N-methyl/N-ethyl adjacent to an activating group) is 1. The van der Waals surface area contributed by atoms with Gasteiger partial charge < -0.3 is 4.90 Å². The summed E-state index contributed by atoms with van der Waals surface area (Å²) in [5.41, 5.74) is 4.77. The predicted molar refractivity (Wildman–Crippen MR) is 74.7 cm³/mol. The molecule has 0 saturated heterocycles. The lowest BCUT2D eigenvalue weighted by molar-refractivity contribution is -0.113. The molecule has 0 radical (unpaired) electrons. The third-order valence-electron chi connectivity index (χ3n) is 3.21. The fourth-order valence-corrected chi connectivity index (χ4v) is 2.27. The van der Waals surface area contributed by atoms with Crippen molar-refractivity contribution in [2.24, 2.45) is 0 Å². The second-order valence-electron chi connectivity index (χ2n) is 4.52. The number of Topliss-reactive ketones (excluding diaryl/α,β-unsaturated/α-hetero) is 1. The number of allylic oxidation sites excluding steroid dienone is 3. The van der Waals surface area contributed by atoms with Gasteiger partial charge in [0.2, 0.25) is 0 Å². The quantitative estimate of drug-likeness (QED) is 0.788. The number of rotatable bonds is 2. The maximum Gasteiger partial charge on any atom is 0.161 e. The van der Waals surface area contributed by atoms with Crippen molar-refractivity contribution in [3.05, 3.63) is 65.4 Å². The van der Waals surface area contributed by atoms with E-state index in [2.05, 4.69) is 18.7 Å². The Hall–Kier alpha value is -2.09. The van der Waals surface area contributed by atoms with Crippen molar-refractivity contribution in [3.63, 3.8) is 0 Å². The maximum atomic E-state index is 11.6. The third-order valence-corrected chi connectivity index (χ3v) is 3.21. The van der Waals surface area contributed by atoms with E-state index in [9.17, 15) is 4.79 Å². The highest BCUT2D eigenvalue weighted by molar-refractivity contribution is 5.99. The van der Waals surface area contributed by atoms with Crippen LogP contribution >= 0.6 is 0 Å². The van der Waals surface area contributed by atoms with Gasteiger partial charge in [0.25, 0.3) is 0 Å². The topological polar surface area (TPSA) is 20.3 Å². The first-order chi connectivity index (χ1) is 8.52. The highest BCUT2D eigenvalue weighted by Gasteiger charge is 2.22. The third kappa shape index (κ3) is 2.02. The normalized spacial score (nSPS) is 15.8. The van der Waals surface area contributed by atoms with Crippen LogP contribution in [0.15, 0.2) is 59.8 Å². The summed E-state index contributed by atoms with van der Waals surface area (Å²) in [4.78, 5) is 13.6. The molecular formula is C16H17NO. The van der Waals surface area contributed by atoms with Crippen molar-refractivity contribution in [2.45, 2.75) is 13.8 Å². The predicted octanol–water partition coefficient (Wildman–Crippen LogP) is 3.39. The Morgan fingerprint density at radius 3 is 2.39 bits per heavy atom. The lowest BCUT2D eigenvalue weighted by Gasteiger charge is -2.31. The maximum absolute atomic E-state index is 11.6. The summed E-state index contributed by atoms with van der Waals surface area (Å²) < 4.78 is 0. The molecule has 92 valence electrons. The summed E-state index contributed by atoms with van der Waals surface area (Å²) in [5.74, 6) is 0.0540. The van der Waals surface area contributed by atoms with E-state index in [0.717, 1.165) is 22.5 Å². The second kappa shape index (κ2) is 4.65. The van der Waals surface area contributed by atoms with Crippen LogP contribution in [0.25, 0.3) is 5.70 Å². The first kappa shape index (κ1) is 12.4. The van der Waals surface area contributed by atoms with Crippen LogP contribution in [-0.2, 0) is 4.79 Å². The van der Waals surface area contributed by atoms with E-state index >= 15 is 0 Å². The first-order valence-corrected chi connectivity index (χ1v) is 5.94. The molecule has 18 heavy (non-hydrogen) atoms. The molecule has 0 aromatic heterocycles. The second-order valence-corrected chi connectivity index (χ2v) is 4.52. The van der Waals surface area contributed by atoms with Crippen LogP contribution in [0.5, 0.6) is 0 Å². The van der Waals surface area contributed by atoms with Gasteiger partial charge in [-0.3, -0.25) is 4.79 Å². The molecule has 0 amide bonds. The van der Waals surface area contributed by atoms with E-state index in [1.165, 1.54) is 0 Å². The molecule has 2 heteroatoms. The molecule has 0 saturated carbocycles. The highest BCUT2D eigenvalue weighted by atomic mass is 16.1. The molecule has 0 atom stereocenters. The fourth-order valence-electron chi connectivity index (χ4n) is 2.27. The van der Waals surface area contributed by atoms with Crippen molar-refractivity contribution < 1.29 is 4.79 Å². The van der Waals surface area contributed by atoms with Crippen molar-refractivity contribution in [1.29, 1.82) is 0 Å². The molecule has 1 aromatic rings. The summed E-state index contributed by atoms with van der Waals surface area (Å²) in [6, 6.07) is 10.1. The van der Waals surface area contributed by atoms with Gasteiger partial charge in [0, 0.05) is 18.3 Å². The average molecular weight is 239 g/mol. The van der Waals surface area contributed by atoms with Gasteiger partial charge in [0.15, 0.2) is 5.78 Å². The van der Waals surface area contributed by atoms with E-state index in [1.807, 2.05) is 43.1 Å². The van der Waals surface area contributed by atoms with Gasteiger partial charge in [-0.1, -0.05) is 36.9 Å². The van der Waals surface area contributed by atoms with Gasteiger partial charge in [-0.25, -0.2) is 0 Å². The number of carbonyl (C=O) groups is 1. The summed E-state index contributed by atoms with van der Waals surface area (Å²) in [7, 11) is 1.95. The van der Waals surface area contributed by atoms with Crippen LogP contribution in [0.1, 0.15) is 19.4 Å². The van der Waals surface area contributed by atoms with Crippen LogP contribution in [-0.4, -0.2) is 17.7 Å². The van der Waals surface area contributed by atoms with Gasteiger partial charge in [-0.05, 0) is 31.1 Å². The molecule has 0 bridgehead atoms. The lowest BCUT2D eigenvalue weighted by atomic mass is 9.96. The van der Waals surface area contributed by atoms with Gasteiger partial charge in [0.05, 0.1) is 5.70 Å². The van der Waals surface area contributed by atoms with Crippen molar-refractivity contribution in [3.8, 4) is 0 Å². The monoisotopic (exact) mass is 239 g/mol. The van der Waals surface area contributed by atoms with Gasteiger partial charge in [-0.2, -0.15) is 0 Å². The lowest BCUT2D eigenvalue weighted by Crippen LogP contribution is -2.23. The number of nitrogens with zero attached hydrogens (tertiary/aromatic N) is 1. The Kier molecular flexibility index (Phi) is 3.19. The number of hydrogen-bond donors (Lipinski definition) is 0. The number of ketones is 1. The van der Waals surface area contributed by atoms with Crippen LogP contribution in [0.3, 0.4) is 0 Å². The van der Waals surface area contributed by atoms with Crippen LogP contribution in [0, 0.1) is 0 Å². The Morgan fingerprint density at radius 1 is 1.22 bits per heavy atom. The molecule has 0 unspecified atom stereocenters. The van der Waals surface area contributed by atoms with Gasteiger partial charge >= 0.3 is 0 Å². The van der Waals surface area contributed by atoms with Crippen LogP contribution in [0.2, 0.25) is 0 Å². The Bertz CT molecular complexity index is 564. The van der Waals surface area contributed by atoms with Gasteiger partial charge in [-0.15, -0.1) is 0 Å². The number of hydrogen-bond acceptors (Lipinski definition) is 2. The fraction of sp³-hybridized carbons (Fsp3) is 0.188. The summed E-state index contributed by atoms with van der Waals surface area (Å²) in [5, 5.41) is 0. The highest BCUT2D eigenvalue weighted by Crippen LogP contribution is 2.33. The molecule has 1 aliphatic heterocycles. The zero-order valence-corrected chi connectivity index (χ0v) is 11.0. The molecular weight excluding hydrogens is 222 g/mol. The average Bonchev–Trinajstić information content (AvgIpc) is 2.35. The van der Waals surface area contributed by atoms with Gasteiger partial charge in [0.1, 0.15) is 0 Å². The van der Waals surface area contributed by atoms with Crippen molar-refractivity contribution >= 4 is 11.5 Å². The molecule has 2 rings (SSSR count). The molecule has 1 aromatic carbocycles. The van der Waals surface area contributed by atoms with Crippen LogP contribution in [0.4, 0.5) is 0 Å². The minimum atomic E-state index is 0.0540. The molecule has 2 nitrogen and oxygen atoms in total. The van der Waals surface area contributed by atoms with E-state index in [0.29, 0.717) is 5.57 Å². The number of benzene rings is 1. The summed E-state index contributed by atoms with van der Waals surface area (Å²) in [6.07, 6.45) is 1.92. The zero-order chi connectivity index (χ0) is 13.3. The van der Waals surface area contributed by atoms with Crippen LogP contribution < -0.4 is 0 Å². The summed E-state index contributed by atoms with van der Waals surface area (Å²) >= 11 is 0. The van der Waals surface area contributed by atoms with Crippen molar-refractivity contribution in [1.82, 2.24) is 4.90 Å². The molecule has 0 N–H and O–H groups in total. The first-order valence-electron chi connectivity index (χ1n) is 5.94. The van der Waals surface area contributed by atoms with E-state index in [-0.39, 0.29) is 5.78 Å². The minimum absolute atomic E-state index is 0.0540. The SMILES string of the molecule is C=C1C(C(C)=O)=CC(C)=C(c2ccccc2)N1C. The molecule has 1 aliphatic rings. The minimum Gasteiger partial charge on any atom is -0.344 e. The van der Waals surface area contributed by atoms with Crippen molar-refractivity contribution in [2.75, 3.05) is 7.05 Å². The largest absolute Gasteiger partial charge is 0.344 e. The zero-order valence-electron chi connectivity index (χ0n) is 11.0. The molecule has 0 fully saturated rings. The standard InChI is InChI=1S/C16H17NO/c1-11-10-15(13(3)18)12(2)17(4)16(11)14-8-6-5-7-9-14/h5-10H,2H2,1,3-4H3. The molecule has 0 aliphatic carbocycles. The number of carbonyl (C=O) groups excluding carboxylic acids is 1. The Balaban J connectivity index is 2.57. The van der Waals surface area contributed by atoms with E-state index in [1.54, 1.807) is 6.92 Å². The molecule has 0 spiro atoms. The van der Waals surface area contributed by atoms with E-state index in [4.69, 9.17) is 0 Å². The summed E-state index contributed by atoms with van der Waals surface area (Å²) in [6.45, 7) is 7.61. The Labute approximate surface area is 108 Å². The molecule has 1 heterocycles. The Morgan fingerprint density at radius 2 is 1.83 bits per heavy atom.